The second-order valence-corrected chi connectivity index (χ2v) is 9.44. The van der Waals surface area contributed by atoms with Crippen LogP contribution in [0.2, 0.25) is 10.0 Å². The van der Waals surface area contributed by atoms with Crippen LogP contribution < -0.4 is 20.1 Å². The van der Waals surface area contributed by atoms with Crippen LogP contribution >= 0.6 is 34.5 Å². The Labute approximate surface area is 215 Å². The fourth-order valence-electron chi connectivity index (χ4n) is 3.69. The summed E-state index contributed by atoms with van der Waals surface area (Å²) in [6.07, 6.45) is 3.50. The fraction of sp³-hybridized carbons (Fsp3) is 0.304. The van der Waals surface area contributed by atoms with Crippen molar-refractivity contribution >= 4 is 62.4 Å². The molecule has 0 aliphatic carbocycles. The van der Waals surface area contributed by atoms with Crippen LogP contribution in [0.5, 0.6) is 11.5 Å². The van der Waals surface area contributed by atoms with E-state index in [1.54, 1.807) is 12.3 Å². The van der Waals surface area contributed by atoms with Gasteiger partial charge in [-0.3, -0.25) is 9.59 Å². The fourth-order valence-corrected chi connectivity index (χ4v) is 5.28. The SMILES string of the molecule is C=CC(=O)NC1CCOCC1Nc1ncc2sc(C(=O)c3c(Cl)c(OC)cc(OC)c3Cl)cc2n1. The number of amides is 1. The van der Waals surface area contributed by atoms with Gasteiger partial charge in [0, 0.05) is 12.7 Å². The number of nitrogens with one attached hydrogen (secondary N) is 2. The Balaban J connectivity index is 1.62. The van der Waals surface area contributed by atoms with E-state index in [0.29, 0.717) is 40.7 Å². The Kier molecular flexibility index (Phi) is 7.75. The highest BCUT2D eigenvalue weighted by atomic mass is 35.5. The third kappa shape index (κ3) is 5.20. The van der Waals surface area contributed by atoms with E-state index in [1.807, 2.05) is 0 Å². The largest absolute Gasteiger partial charge is 0.495 e. The van der Waals surface area contributed by atoms with Gasteiger partial charge in [0.05, 0.1) is 69.8 Å². The summed E-state index contributed by atoms with van der Waals surface area (Å²) in [5.41, 5.74) is 0.656. The molecule has 1 aliphatic heterocycles. The first-order chi connectivity index (χ1) is 16.9. The summed E-state index contributed by atoms with van der Waals surface area (Å²) < 4.78 is 16.8. The number of thiophene rings is 1. The van der Waals surface area contributed by atoms with E-state index in [-0.39, 0.29) is 50.9 Å². The number of ketones is 1. The molecule has 3 aromatic rings. The molecule has 0 bridgehead atoms. The highest BCUT2D eigenvalue weighted by Gasteiger charge is 2.28. The minimum Gasteiger partial charge on any atom is -0.495 e. The lowest BCUT2D eigenvalue weighted by molar-refractivity contribution is -0.117. The molecule has 35 heavy (non-hydrogen) atoms. The first-order valence-electron chi connectivity index (χ1n) is 10.5. The average molecular weight is 537 g/mol. The third-order valence-electron chi connectivity index (χ3n) is 5.48. The van der Waals surface area contributed by atoms with Gasteiger partial charge in [0.15, 0.2) is 0 Å². The minimum atomic E-state index is -0.386. The standard InChI is InChI=1S/C23H22Cl2N4O5S/c1-4-18(30)27-11-5-6-34-10-13(11)29-23-26-9-17-12(28-23)7-16(35-17)22(31)19-20(24)14(32-2)8-15(33-3)21(19)25/h4,7-9,11,13H,1,5-6,10H2,2-3H3,(H,27,30)(H,26,28,29). The molecule has 0 spiro atoms. The van der Waals surface area contributed by atoms with Crippen LogP contribution in [0.1, 0.15) is 21.7 Å². The number of ether oxygens (including phenoxy) is 3. The first-order valence-corrected chi connectivity index (χ1v) is 12.1. The highest BCUT2D eigenvalue weighted by molar-refractivity contribution is 7.21. The molecule has 2 unspecified atom stereocenters. The lowest BCUT2D eigenvalue weighted by Gasteiger charge is -2.32. The van der Waals surface area contributed by atoms with Crippen molar-refractivity contribution in [3.63, 3.8) is 0 Å². The molecule has 1 saturated heterocycles. The van der Waals surface area contributed by atoms with Crippen LogP contribution in [0, 0.1) is 0 Å². The molecule has 3 heterocycles. The number of hydrogen-bond acceptors (Lipinski definition) is 9. The summed E-state index contributed by atoms with van der Waals surface area (Å²) in [5.74, 6) is 0.254. The molecule has 12 heteroatoms. The molecule has 1 aliphatic rings. The maximum Gasteiger partial charge on any atom is 0.243 e. The van der Waals surface area contributed by atoms with Crippen LogP contribution in [0.15, 0.2) is 31.0 Å². The van der Waals surface area contributed by atoms with Crippen molar-refractivity contribution in [2.45, 2.75) is 18.5 Å². The van der Waals surface area contributed by atoms with Crippen LogP contribution in [-0.4, -0.2) is 61.2 Å². The van der Waals surface area contributed by atoms with Gasteiger partial charge in [-0.1, -0.05) is 29.8 Å². The van der Waals surface area contributed by atoms with Crippen molar-refractivity contribution in [3.05, 3.63) is 51.5 Å². The van der Waals surface area contributed by atoms with Gasteiger partial charge < -0.3 is 24.8 Å². The number of methoxy groups -OCH3 is 2. The number of carbonyl (C=O) groups excluding carboxylic acids is 2. The number of rotatable bonds is 8. The zero-order valence-electron chi connectivity index (χ0n) is 18.9. The summed E-state index contributed by atoms with van der Waals surface area (Å²) in [6, 6.07) is 2.78. The normalized spacial score (nSPS) is 17.6. The second kappa shape index (κ2) is 10.8. The van der Waals surface area contributed by atoms with Gasteiger partial charge in [0.1, 0.15) is 11.5 Å². The smallest absolute Gasteiger partial charge is 0.243 e. The molecule has 2 N–H and O–H groups in total. The zero-order valence-corrected chi connectivity index (χ0v) is 21.2. The predicted molar refractivity (Wildman–Crippen MR) is 135 cm³/mol. The number of halogens is 2. The molecule has 2 aromatic heterocycles. The molecule has 4 rings (SSSR count). The maximum absolute atomic E-state index is 13.4. The quantitative estimate of drug-likeness (QED) is 0.326. The van der Waals surface area contributed by atoms with Gasteiger partial charge in [-0.2, -0.15) is 0 Å². The second-order valence-electron chi connectivity index (χ2n) is 7.60. The van der Waals surface area contributed by atoms with Crippen molar-refractivity contribution in [2.24, 2.45) is 0 Å². The zero-order chi connectivity index (χ0) is 25.1. The monoisotopic (exact) mass is 536 g/mol. The minimum absolute atomic E-state index is 0.0857. The van der Waals surface area contributed by atoms with Crippen molar-refractivity contribution in [2.75, 3.05) is 32.8 Å². The maximum atomic E-state index is 13.4. The topological polar surface area (TPSA) is 112 Å². The Morgan fingerprint density at radius 2 is 1.91 bits per heavy atom. The van der Waals surface area contributed by atoms with Crippen molar-refractivity contribution < 1.29 is 23.8 Å². The average Bonchev–Trinajstić information content (AvgIpc) is 3.29. The molecule has 9 nitrogen and oxygen atoms in total. The summed E-state index contributed by atoms with van der Waals surface area (Å²) >= 11 is 14.0. The highest BCUT2D eigenvalue weighted by Crippen LogP contribution is 2.42. The number of hydrogen-bond donors (Lipinski definition) is 2. The number of anilines is 1. The molecule has 184 valence electrons. The Morgan fingerprint density at radius 3 is 2.57 bits per heavy atom. The van der Waals surface area contributed by atoms with E-state index < -0.39 is 0 Å². The van der Waals surface area contributed by atoms with E-state index in [0.717, 1.165) is 0 Å². The van der Waals surface area contributed by atoms with Crippen LogP contribution in [0.3, 0.4) is 0 Å². The van der Waals surface area contributed by atoms with E-state index in [9.17, 15) is 9.59 Å². The van der Waals surface area contributed by atoms with Crippen LogP contribution in [-0.2, 0) is 9.53 Å². The molecular formula is C23H22Cl2N4O5S. The number of benzene rings is 1. The predicted octanol–water partition coefficient (Wildman–Crippen LogP) is 4.12. The lowest BCUT2D eigenvalue weighted by atomic mass is 10.0. The van der Waals surface area contributed by atoms with Crippen LogP contribution in [0.4, 0.5) is 5.95 Å². The number of nitrogens with zero attached hydrogens (tertiary/aromatic N) is 2. The molecular weight excluding hydrogens is 515 g/mol. The summed E-state index contributed by atoms with van der Waals surface area (Å²) in [4.78, 5) is 34.4. The Bertz CT molecular complexity index is 1270. The number of fused-ring (bicyclic) bond motifs is 1. The van der Waals surface area contributed by atoms with Crippen molar-refractivity contribution in [3.8, 4) is 11.5 Å². The summed E-state index contributed by atoms with van der Waals surface area (Å²) in [6.45, 7) is 4.41. The molecule has 2 atom stereocenters. The molecule has 0 saturated carbocycles. The van der Waals surface area contributed by atoms with Gasteiger partial charge in [0.25, 0.3) is 0 Å². The van der Waals surface area contributed by atoms with E-state index in [1.165, 1.54) is 37.7 Å². The summed E-state index contributed by atoms with van der Waals surface area (Å²) in [5, 5.41) is 6.31. The van der Waals surface area contributed by atoms with E-state index in [2.05, 4.69) is 27.2 Å². The molecule has 1 aromatic carbocycles. The molecule has 1 amide bonds. The van der Waals surface area contributed by atoms with Gasteiger partial charge in [-0.15, -0.1) is 11.3 Å². The van der Waals surface area contributed by atoms with E-state index in [4.69, 9.17) is 37.4 Å². The Morgan fingerprint density at radius 1 is 1.20 bits per heavy atom. The van der Waals surface area contributed by atoms with E-state index >= 15 is 0 Å². The first kappa shape index (κ1) is 25.2. The molecule has 1 fully saturated rings. The van der Waals surface area contributed by atoms with Gasteiger partial charge >= 0.3 is 0 Å². The third-order valence-corrected chi connectivity index (χ3v) is 7.29. The van der Waals surface area contributed by atoms with Gasteiger partial charge in [-0.25, -0.2) is 9.97 Å². The number of carbonyl (C=O) groups is 2. The Hall–Kier alpha value is -2.92. The van der Waals surface area contributed by atoms with Crippen LogP contribution in [0.25, 0.3) is 10.2 Å². The lowest BCUT2D eigenvalue weighted by Crippen LogP contribution is -2.52. The van der Waals surface area contributed by atoms with Gasteiger partial charge in [0.2, 0.25) is 17.6 Å². The molecule has 0 radical (unpaired) electrons. The summed E-state index contributed by atoms with van der Waals surface area (Å²) in [7, 11) is 2.88. The number of aromatic nitrogens is 2. The van der Waals surface area contributed by atoms with Gasteiger partial charge in [-0.05, 0) is 18.6 Å². The van der Waals surface area contributed by atoms with Crippen molar-refractivity contribution in [1.29, 1.82) is 0 Å². The van der Waals surface area contributed by atoms with Crippen molar-refractivity contribution in [1.82, 2.24) is 15.3 Å².